The van der Waals surface area contributed by atoms with Crippen molar-refractivity contribution >= 4 is 41.3 Å². The normalized spacial score (nSPS) is 14.6. The Morgan fingerprint density at radius 2 is 1.87 bits per heavy atom. The molecule has 3 N–H and O–H groups in total. The van der Waals surface area contributed by atoms with Crippen molar-refractivity contribution in [3.8, 4) is 11.5 Å². The van der Waals surface area contributed by atoms with Gasteiger partial charge in [0.1, 0.15) is 17.0 Å². The third-order valence-corrected chi connectivity index (χ3v) is 7.22. The van der Waals surface area contributed by atoms with Crippen LogP contribution in [0.15, 0.2) is 18.2 Å². The first-order chi connectivity index (χ1) is 14.4. The highest BCUT2D eigenvalue weighted by Crippen LogP contribution is 2.33. The summed E-state index contributed by atoms with van der Waals surface area (Å²) in [5, 5.41) is 8.37. The van der Waals surface area contributed by atoms with Crippen LogP contribution in [-0.2, 0) is 22.4 Å². The maximum absolute atomic E-state index is 12.3. The molecule has 0 saturated heterocycles. The van der Waals surface area contributed by atoms with Crippen LogP contribution >= 0.6 is 24.2 Å². The van der Waals surface area contributed by atoms with Crippen molar-refractivity contribution in [2.75, 3.05) is 24.6 Å². The zero-order chi connectivity index (χ0) is 22.4. The number of thioether (sulfide) groups is 1. The van der Waals surface area contributed by atoms with E-state index in [1.54, 1.807) is 0 Å². The van der Waals surface area contributed by atoms with Gasteiger partial charge in [-0.05, 0) is 43.7 Å². The molecule has 0 aromatic heterocycles. The Morgan fingerprint density at radius 3 is 2.48 bits per heavy atom. The molecule has 1 aliphatic rings. The minimum atomic E-state index is -0.931. The summed E-state index contributed by atoms with van der Waals surface area (Å²) >= 11 is 0.689. The fourth-order valence-corrected chi connectivity index (χ4v) is 4.74. The topological polar surface area (TPSA) is 105 Å². The highest BCUT2D eigenvalue weighted by atomic mass is 35.5. The van der Waals surface area contributed by atoms with Crippen LogP contribution in [0.25, 0.3) is 0 Å². The monoisotopic (exact) mass is 495 g/mol. The van der Waals surface area contributed by atoms with Crippen molar-refractivity contribution in [1.82, 2.24) is 0 Å². The van der Waals surface area contributed by atoms with Crippen LogP contribution in [-0.4, -0.2) is 51.5 Å². The molecule has 0 spiro atoms. The molecule has 0 amide bonds. The molecule has 1 heterocycles. The fourth-order valence-electron chi connectivity index (χ4n) is 2.97. The highest BCUT2D eigenvalue weighted by molar-refractivity contribution is 7.98. The summed E-state index contributed by atoms with van der Waals surface area (Å²) in [5.74, 6) is 2.00. The van der Waals surface area contributed by atoms with Crippen LogP contribution in [0, 0.1) is 0 Å². The number of halogens is 1. The van der Waals surface area contributed by atoms with E-state index in [0.29, 0.717) is 12.5 Å². The number of carbonyl (C=O) groups is 1. The van der Waals surface area contributed by atoms with Crippen LogP contribution < -0.4 is 15.2 Å². The minimum absolute atomic E-state index is 0. The number of hydrogen-bond donors (Lipinski definition) is 2. The Labute approximate surface area is 200 Å². The van der Waals surface area contributed by atoms with Gasteiger partial charge in [0.2, 0.25) is 6.79 Å². The predicted octanol–water partition coefficient (Wildman–Crippen LogP) is 4.64. The molecule has 6 nitrogen and oxygen atoms in total. The lowest BCUT2D eigenvalue weighted by molar-refractivity contribution is -0.137. The van der Waals surface area contributed by atoms with Gasteiger partial charge < -0.3 is 24.9 Å². The Bertz CT molecular complexity index is 624. The molecular weight excluding hydrogens is 458 g/mol. The van der Waals surface area contributed by atoms with Crippen LogP contribution in [0.2, 0.25) is 0 Å². The predicted molar refractivity (Wildman–Crippen MR) is 133 cm³/mol. The van der Waals surface area contributed by atoms with Crippen LogP contribution in [0.3, 0.4) is 0 Å². The van der Waals surface area contributed by atoms with E-state index in [1.165, 1.54) is 49.4 Å². The Morgan fingerprint density at radius 1 is 1.23 bits per heavy atom. The number of carboxylic acid groups (broad SMARTS) is 1. The second-order valence-corrected chi connectivity index (χ2v) is 10.3. The number of aliphatic carboxylic acids is 1. The molecule has 2 unspecified atom stereocenters. The zero-order valence-corrected chi connectivity index (χ0v) is 21.3. The molecule has 1 aliphatic heterocycles. The molecule has 2 rings (SSSR count). The molecule has 31 heavy (non-hydrogen) atoms. The smallest absolute Gasteiger partial charge is 0.321 e. The summed E-state index contributed by atoms with van der Waals surface area (Å²) in [6, 6.07) is 5.30. The van der Waals surface area contributed by atoms with Crippen molar-refractivity contribution in [2.45, 2.75) is 70.1 Å². The Balaban J connectivity index is 0.000000858. The number of rotatable bonds is 13. The van der Waals surface area contributed by atoms with Gasteiger partial charge in [0, 0.05) is 12.2 Å². The largest absolute Gasteiger partial charge is 0.616 e. The Kier molecular flexibility index (Phi) is 17.3. The molecule has 0 radical (unpaired) electrons. The summed E-state index contributed by atoms with van der Waals surface area (Å²) in [5.41, 5.74) is 6.28. The maximum Gasteiger partial charge on any atom is 0.321 e. The first-order valence-corrected chi connectivity index (χ1v) is 13.4. The van der Waals surface area contributed by atoms with Gasteiger partial charge in [-0.3, -0.25) is 4.79 Å². The first-order valence-electron chi connectivity index (χ1n) is 10.6. The second-order valence-electron chi connectivity index (χ2n) is 7.46. The van der Waals surface area contributed by atoms with Crippen molar-refractivity contribution < 1.29 is 23.9 Å². The van der Waals surface area contributed by atoms with E-state index < -0.39 is 23.2 Å². The number of fused-ring (bicyclic) bond motifs is 1. The number of hydrogen-bond acceptors (Lipinski definition) is 6. The standard InChI is InChI=1S/C18H28O3S.C4H9NO2S.ClH/c1-3-4-5-6-7-8-11-22(19)15(2)12-16-9-10-17-18(13-16)21-14-20-17;1-8-2-3(5)4(6)7;/h9-10,13,15H,3-8,11-12,14H2,1-2H3;3H,2,5H2,1H3,(H,6,7);1H/t;3-;/m.0./s1. The molecule has 3 atom stereocenters. The molecular formula is C22H38ClNO5S2. The average molecular weight is 496 g/mol. The van der Waals surface area contributed by atoms with Crippen LogP contribution in [0.1, 0.15) is 57.9 Å². The van der Waals surface area contributed by atoms with E-state index in [0.717, 1.165) is 30.1 Å². The number of ether oxygens (including phenoxy) is 2. The molecule has 1 aromatic rings. The molecule has 0 aliphatic carbocycles. The quantitative estimate of drug-likeness (QED) is 0.303. The molecule has 0 saturated carbocycles. The van der Waals surface area contributed by atoms with Gasteiger partial charge in [0.05, 0.1) is 0 Å². The van der Waals surface area contributed by atoms with Crippen LogP contribution in [0.5, 0.6) is 11.5 Å². The average Bonchev–Trinajstić information content (AvgIpc) is 3.19. The Hall–Kier alpha value is -0.800. The van der Waals surface area contributed by atoms with E-state index in [-0.39, 0.29) is 17.7 Å². The van der Waals surface area contributed by atoms with Crippen molar-refractivity contribution in [2.24, 2.45) is 5.73 Å². The molecule has 0 bridgehead atoms. The first kappa shape index (κ1) is 30.2. The van der Waals surface area contributed by atoms with Gasteiger partial charge in [-0.1, -0.05) is 49.8 Å². The molecule has 180 valence electrons. The van der Waals surface area contributed by atoms with E-state index in [9.17, 15) is 9.35 Å². The van der Waals surface area contributed by atoms with Gasteiger partial charge in [-0.2, -0.15) is 11.8 Å². The minimum Gasteiger partial charge on any atom is -0.616 e. The molecule has 9 heteroatoms. The summed E-state index contributed by atoms with van der Waals surface area (Å²) in [6.45, 7) is 4.61. The van der Waals surface area contributed by atoms with E-state index in [1.807, 2.05) is 24.5 Å². The molecule has 1 aromatic carbocycles. The van der Waals surface area contributed by atoms with Gasteiger partial charge in [-0.15, -0.1) is 12.4 Å². The van der Waals surface area contributed by atoms with Gasteiger partial charge >= 0.3 is 5.97 Å². The number of unbranched alkanes of at least 4 members (excludes halogenated alkanes) is 5. The highest BCUT2D eigenvalue weighted by Gasteiger charge is 2.19. The number of benzene rings is 1. The third-order valence-electron chi connectivity index (χ3n) is 4.77. The van der Waals surface area contributed by atoms with Gasteiger partial charge in [-0.25, -0.2) is 0 Å². The van der Waals surface area contributed by atoms with Crippen molar-refractivity contribution in [3.63, 3.8) is 0 Å². The summed E-state index contributed by atoms with van der Waals surface area (Å²) < 4.78 is 23.0. The second kappa shape index (κ2) is 17.7. The van der Waals surface area contributed by atoms with E-state index >= 15 is 0 Å². The van der Waals surface area contributed by atoms with E-state index in [4.69, 9.17) is 20.3 Å². The fraction of sp³-hybridized carbons (Fsp3) is 0.682. The van der Waals surface area contributed by atoms with Crippen LogP contribution in [0.4, 0.5) is 0 Å². The lowest BCUT2D eigenvalue weighted by atomic mass is 10.1. The lowest BCUT2D eigenvalue weighted by Crippen LogP contribution is -2.32. The summed E-state index contributed by atoms with van der Waals surface area (Å²) in [6.07, 6.45) is 10.1. The number of carboxylic acids is 1. The maximum atomic E-state index is 12.3. The zero-order valence-electron chi connectivity index (χ0n) is 18.8. The van der Waals surface area contributed by atoms with Crippen molar-refractivity contribution in [1.29, 1.82) is 0 Å². The van der Waals surface area contributed by atoms with E-state index in [2.05, 4.69) is 13.8 Å². The van der Waals surface area contributed by atoms with Crippen molar-refractivity contribution in [3.05, 3.63) is 23.8 Å². The lowest BCUT2D eigenvalue weighted by Gasteiger charge is -2.18. The third kappa shape index (κ3) is 12.7. The number of nitrogens with two attached hydrogens (primary N) is 1. The van der Waals surface area contributed by atoms with Gasteiger partial charge in [0.15, 0.2) is 11.5 Å². The van der Waals surface area contributed by atoms with Gasteiger partial charge in [0.25, 0.3) is 0 Å². The summed E-state index contributed by atoms with van der Waals surface area (Å²) in [4.78, 5) is 9.95. The SMILES string of the molecule is CCCCCCCC[S+]([O-])C(C)Cc1ccc2c(c1)OCO2.CSC[C@H](N)C(=O)O.Cl. The summed E-state index contributed by atoms with van der Waals surface area (Å²) in [7, 11) is 0. The molecule has 0 fully saturated rings.